The number of amides is 2. The van der Waals surface area contributed by atoms with Crippen LogP contribution in [0, 0.1) is 0 Å². The van der Waals surface area contributed by atoms with Crippen molar-refractivity contribution in [2.75, 3.05) is 24.6 Å². The first-order chi connectivity index (χ1) is 11.0. The lowest BCUT2D eigenvalue weighted by Crippen LogP contribution is -2.28. The van der Waals surface area contributed by atoms with Crippen molar-refractivity contribution >= 4 is 41.1 Å². The summed E-state index contributed by atoms with van der Waals surface area (Å²) < 4.78 is 0. The molecular weight excluding hydrogens is 340 g/mol. The minimum Gasteiger partial charge on any atom is -0.481 e. The van der Waals surface area contributed by atoms with Gasteiger partial charge in [0.1, 0.15) is 0 Å². The maximum Gasteiger partial charge on any atom is 0.313 e. The average Bonchev–Trinajstić information content (AvgIpc) is 2.51. The summed E-state index contributed by atoms with van der Waals surface area (Å²) in [5, 5.41) is 14.5. The van der Waals surface area contributed by atoms with Crippen LogP contribution in [0.2, 0.25) is 5.02 Å². The Morgan fingerprint density at radius 2 is 1.78 bits per heavy atom. The zero-order chi connectivity index (χ0) is 17.1. The highest BCUT2D eigenvalue weighted by Crippen LogP contribution is 2.09. The summed E-state index contributed by atoms with van der Waals surface area (Å²) in [5.74, 6) is -0.579. The Bertz CT molecular complexity index is 537. The molecule has 3 N–H and O–H groups in total. The lowest BCUT2D eigenvalue weighted by Gasteiger charge is -2.06. The van der Waals surface area contributed by atoms with E-state index in [-0.39, 0.29) is 17.6 Å². The Labute approximate surface area is 144 Å². The Morgan fingerprint density at radius 1 is 1.09 bits per heavy atom. The summed E-state index contributed by atoms with van der Waals surface area (Å²) in [4.78, 5) is 33.6. The monoisotopic (exact) mass is 358 g/mol. The van der Waals surface area contributed by atoms with Gasteiger partial charge >= 0.3 is 5.97 Å². The third-order valence-corrected chi connectivity index (χ3v) is 3.96. The van der Waals surface area contributed by atoms with E-state index >= 15 is 0 Å². The number of nitrogens with one attached hydrogen (secondary N) is 2. The van der Waals surface area contributed by atoms with Crippen molar-refractivity contribution in [1.29, 1.82) is 0 Å². The van der Waals surface area contributed by atoms with Crippen LogP contribution in [0.4, 0.5) is 0 Å². The molecule has 1 rings (SSSR count). The van der Waals surface area contributed by atoms with Crippen LogP contribution >= 0.6 is 23.4 Å². The van der Waals surface area contributed by atoms with Gasteiger partial charge in [-0.05, 0) is 30.7 Å². The number of hydrogen-bond donors (Lipinski definition) is 3. The molecule has 1 aromatic carbocycles. The highest BCUT2D eigenvalue weighted by molar-refractivity contribution is 7.99. The van der Waals surface area contributed by atoms with Gasteiger partial charge in [0.2, 0.25) is 5.91 Å². The third kappa shape index (κ3) is 9.10. The van der Waals surface area contributed by atoms with Crippen molar-refractivity contribution in [2.45, 2.75) is 12.8 Å². The van der Waals surface area contributed by atoms with Crippen molar-refractivity contribution in [2.24, 2.45) is 0 Å². The fourth-order valence-corrected chi connectivity index (χ4v) is 2.36. The summed E-state index contributed by atoms with van der Waals surface area (Å²) in [7, 11) is 0. The molecule has 0 saturated carbocycles. The van der Waals surface area contributed by atoms with Crippen LogP contribution in [-0.4, -0.2) is 47.5 Å². The number of rotatable bonds is 10. The zero-order valence-corrected chi connectivity index (χ0v) is 14.1. The SMILES string of the molecule is O=C(O)CSCCNC(=O)CCCNC(=O)c1ccc(Cl)cc1. The van der Waals surface area contributed by atoms with E-state index in [0.717, 1.165) is 0 Å². The van der Waals surface area contributed by atoms with Crippen LogP contribution in [0.25, 0.3) is 0 Å². The van der Waals surface area contributed by atoms with Crippen LogP contribution in [0.5, 0.6) is 0 Å². The Morgan fingerprint density at radius 3 is 2.43 bits per heavy atom. The second-order valence-electron chi connectivity index (χ2n) is 4.66. The topological polar surface area (TPSA) is 95.5 Å². The van der Waals surface area contributed by atoms with Gasteiger partial charge in [0.15, 0.2) is 0 Å². The number of aliphatic carboxylic acids is 1. The highest BCUT2D eigenvalue weighted by atomic mass is 35.5. The smallest absolute Gasteiger partial charge is 0.313 e. The highest BCUT2D eigenvalue weighted by Gasteiger charge is 2.05. The molecule has 0 aromatic heterocycles. The summed E-state index contributed by atoms with van der Waals surface area (Å²) in [6, 6.07) is 6.57. The molecule has 0 spiro atoms. The van der Waals surface area contributed by atoms with Gasteiger partial charge in [-0.2, -0.15) is 0 Å². The predicted octanol–water partition coefficient (Wildman–Crippen LogP) is 1.78. The van der Waals surface area contributed by atoms with Crippen LogP contribution in [-0.2, 0) is 9.59 Å². The van der Waals surface area contributed by atoms with Gasteiger partial charge in [0.05, 0.1) is 5.75 Å². The summed E-state index contributed by atoms with van der Waals surface area (Å²) in [5.41, 5.74) is 0.523. The molecule has 0 bridgehead atoms. The first-order valence-electron chi connectivity index (χ1n) is 7.09. The third-order valence-electron chi connectivity index (χ3n) is 2.77. The average molecular weight is 359 g/mol. The molecule has 126 valence electrons. The number of carboxylic acids is 1. The summed E-state index contributed by atoms with van der Waals surface area (Å²) in [6.07, 6.45) is 0.845. The van der Waals surface area contributed by atoms with E-state index in [9.17, 15) is 14.4 Å². The van der Waals surface area contributed by atoms with Gasteiger partial charge in [0.25, 0.3) is 5.91 Å². The Hall–Kier alpha value is -1.73. The van der Waals surface area contributed by atoms with E-state index in [1.807, 2.05) is 0 Å². The first kappa shape index (κ1) is 19.3. The molecule has 0 aliphatic carbocycles. The molecule has 0 saturated heterocycles. The number of carboxylic acid groups (broad SMARTS) is 1. The molecular formula is C15H19ClN2O4S. The summed E-state index contributed by atoms with van der Waals surface area (Å²) in [6.45, 7) is 0.844. The number of benzene rings is 1. The maximum atomic E-state index is 11.8. The molecule has 6 nitrogen and oxygen atoms in total. The number of carbonyl (C=O) groups is 3. The first-order valence-corrected chi connectivity index (χ1v) is 8.62. The molecule has 0 aliphatic heterocycles. The van der Waals surface area contributed by atoms with E-state index in [0.29, 0.717) is 42.3 Å². The standard InChI is InChI=1S/C15H19ClN2O4S/c16-12-5-3-11(4-6-12)15(22)18-7-1-2-13(19)17-8-9-23-10-14(20)21/h3-6H,1-2,7-10H2,(H,17,19)(H,18,22)(H,20,21). The maximum absolute atomic E-state index is 11.8. The van der Waals surface area contributed by atoms with Crippen molar-refractivity contribution in [1.82, 2.24) is 10.6 Å². The second-order valence-corrected chi connectivity index (χ2v) is 6.20. The minimum atomic E-state index is -0.863. The number of carbonyl (C=O) groups excluding carboxylic acids is 2. The van der Waals surface area contributed by atoms with Gasteiger partial charge < -0.3 is 15.7 Å². The van der Waals surface area contributed by atoms with E-state index in [4.69, 9.17) is 16.7 Å². The molecule has 0 heterocycles. The Balaban J connectivity index is 2.07. The molecule has 0 fully saturated rings. The van der Waals surface area contributed by atoms with Gasteiger partial charge in [-0.3, -0.25) is 14.4 Å². The van der Waals surface area contributed by atoms with Crippen LogP contribution < -0.4 is 10.6 Å². The molecule has 23 heavy (non-hydrogen) atoms. The fraction of sp³-hybridized carbons (Fsp3) is 0.400. The van der Waals surface area contributed by atoms with Crippen LogP contribution in [0.3, 0.4) is 0 Å². The lowest BCUT2D eigenvalue weighted by molar-refractivity contribution is -0.133. The van der Waals surface area contributed by atoms with Crippen LogP contribution in [0.1, 0.15) is 23.2 Å². The lowest BCUT2D eigenvalue weighted by atomic mass is 10.2. The molecule has 2 amide bonds. The van der Waals surface area contributed by atoms with Crippen molar-refractivity contribution in [3.8, 4) is 0 Å². The van der Waals surface area contributed by atoms with Crippen molar-refractivity contribution in [3.63, 3.8) is 0 Å². The molecule has 0 unspecified atom stereocenters. The zero-order valence-electron chi connectivity index (χ0n) is 12.5. The van der Waals surface area contributed by atoms with E-state index in [1.54, 1.807) is 24.3 Å². The van der Waals surface area contributed by atoms with Crippen molar-refractivity contribution in [3.05, 3.63) is 34.9 Å². The molecule has 0 radical (unpaired) electrons. The molecule has 1 aromatic rings. The fourth-order valence-electron chi connectivity index (χ4n) is 1.66. The largest absolute Gasteiger partial charge is 0.481 e. The molecule has 0 atom stereocenters. The quantitative estimate of drug-likeness (QED) is 0.554. The summed E-state index contributed by atoms with van der Waals surface area (Å²) >= 11 is 7.00. The van der Waals surface area contributed by atoms with E-state index in [1.165, 1.54) is 11.8 Å². The van der Waals surface area contributed by atoms with Gasteiger partial charge in [-0.25, -0.2) is 0 Å². The molecule has 0 aliphatic rings. The Kier molecular flexibility index (Phi) is 9.16. The normalized spacial score (nSPS) is 10.1. The minimum absolute atomic E-state index is 0.0343. The van der Waals surface area contributed by atoms with Gasteiger partial charge in [-0.1, -0.05) is 11.6 Å². The predicted molar refractivity (Wildman–Crippen MR) is 91.0 cm³/mol. The number of thioether (sulfide) groups is 1. The second kappa shape index (κ2) is 10.9. The van der Waals surface area contributed by atoms with Gasteiger partial charge in [-0.15, -0.1) is 11.8 Å². The van der Waals surface area contributed by atoms with E-state index in [2.05, 4.69) is 10.6 Å². The van der Waals surface area contributed by atoms with Crippen LogP contribution in [0.15, 0.2) is 24.3 Å². The van der Waals surface area contributed by atoms with Crippen molar-refractivity contribution < 1.29 is 19.5 Å². The number of halogens is 1. The molecule has 8 heteroatoms. The van der Waals surface area contributed by atoms with Gasteiger partial charge in [0, 0.05) is 35.8 Å². The number of hydrogen-bond acceptors (Lipinski definition) is 4. The van der Waals surface area contributed by atoms with E-state index < -0.39 is 5.97 Å².